The van der Waals surface area contributed by atoms with Gasteiger partial charge < -0.3 is 19.4 Å². The Morgan fingerprint density at radius 3 is 2.38 bits per heavy atom. The average molecular weight is 501 g/mol. The van der Waals surface area contributed by atoms with Crippen LogP contribution in [0.5, 0.6) is 5.75 Å². The highest BCUT2D eigenvalue weighted by Gasteiger charge is 2.26. The van der Waals surface area contributed by atoms with Crippen molar-refractivity contribution in [3.05, 3.63) is 58.4 Å². The van der Waals surface area contributed by atoms with Gasteiger partial charge >= 0.3 is 0 Å². The van der Waals surface area contributed by atoms with Gasteiger partial charge in [0.15, 0.2) is 17.4 Å². The van der Waals surface area contributed by atoms with Crippen LogP contribution in [0.3, 0.4) is 0 Å². The lowest BCUT2D eigenvalue weighted by molar-refractivity contribution is 0.304. The Hall–Kier alpha value is -3.19. The molecule has 7 nitrogen and oxygen atoms in total. The van der Waals surface area contributed by atoms with Crippen LogP contribution in [0.25, 0.3) is 11.4 Å². The van der Waals surface area contributed by atoms with Gasteiger partial charge in [0.25, 0.3) is 0 Å². The van der Waals surface area contributed by atoms with Gasteiger partial charge in [-0.2, -0.15) is 0 Å². The maximum absolute atomic E-state index is 5.93. The number of likely N-dealkylation sites (N-methyl/N-ethyl adjacent to an activating group) is 1. The lowest BCUT2D eigenvalue weighted by Gasteiger charge is -2.33. The summed E-state index contributed by atoms with van der Waals surface area (Å²) in [6, 6.07) is 10.7. The van der Waals surface area contributed by atoms with Crippen molar-refractivity contribution in [3.8, 4) is 17.1 Å². The van der Waals surface area contributed by atoms with Gasteiger partial charge in [-0.05, 0) is 70.0 Å². The van der Waals surface area contributed by atoms with Crippen LogP contribution in [0, 0.1) is 13.8 Å². The zero-order chi connectivity index (χ0) is 25.9. The second kappa shape index (κ2) is 11.1. The third-order valence-corrected chi connectivity index (χ3v) is 7.68. The molecule has 0 radical (unpaired) electrons. The summed E-state index contributed by atoms with van der Waals surface area (Å²) in [5.41, 5.74) is 7.08. The fraction of sp³-hybridized carbons (Fsp3) is 0.500. The van der Waals surface area contributed by atoms with Crippen molar-refractivity contribution in [3.63, 3.8) is 0 Å². The summed E-state index contributed by atoms with van der Waals surface area (Å²) in [5.74, 6) is 3.71. The highest BCUT2D eigenvalue weighted by molar-refractivity contribution is 5.68. The molecule has 1 fully saturated rings. The zero-order valence-electron chi connectivity index (χ0n) is 23.0. The van der Waals surface area contributed by atoms with Crippen LogP contribution in [0.15, 0.2) is 30.3 Å². The van der Waals surface area contributed by atoms with Gasteiger partial charge in [-0.3, -0.25) is 0 Å². The molecule has 2 aliphatic heterocycles. The quantitative estimate of drug-likeness (QED) is 0.481. The lowest BCUT2D eigenvalue weighted by Crippen LogP contribution is -2.35. The molecule has 2 aromatic heterocycles. The maximum atomic E-state index is 5.93. The molecule has 0 spiro atoms. The second-order valence-electron chi connectivity index (χ2n) is 10.3. The Labute approximate surface area is 221 Å². The third kappa shape index (κ3) is 5.28. The summed E-state index contributed by atoms with van der Waals surface area (Å²) in [4.78, 5) is 22.6. The SMILES string of the molecule is CCc1cccc(CC)c1-c1nc(C)c(CN2CCOc3ccc(C)nc32)c(N2CCCN(C)CC2)n1. The molecule has 196 valence electrons. The fourth-order valence-corrected chi connectivity index (χ4v) is 5.51. The first-order valence-electron chi connectivity index (χ1n) is 13.8. The minimum atomic E-state index is 0.656. The number of hydrogen-bond acceptors (Lipinski definition) is 7. The van der Waals surface area contributed by atoms with Crippen LogP contribution in [0.2, 0.25) is 0 Å². The summed E-state index contributed by atoms with van der Waals surface area (Å²) >= 11 is 0. The maximum Gasteiger partial charge on any atom is 0.172 e. The predicted octanol–water partition coefficient (Wildman–Crippen LogP) is 4.82. The molecule has 0 unspecified atom stereocenters. The van der Waals surface area contributed by atoms with Gasteiger partial charge in [0.2, 0.25) is 0 Å². The molecule has 0 bridgehead atoms. The van der Waals surface area contributed by atoms with Crippen molar-refractivity contribution >= 4 is 11.6 Å². The van der Waals surface area contributed by atoms with Crippen LogP contribution in [0.1, 0.15) is 48.3 Å². The minimum Gasteiger partial charge on any atom is -0.488 e. The molecule has 2 aliphatic rings. The van der Waals surface area contributed by atoms with Gasteiger partial charge in [-0.25, -0.2) is 15.0 Å². The number of fused-ring (bicyclic) bond motifs is 1. The molecular weight excluding hydrogens is 460 g/mol. The van der Waals surface area contributed by atoms with Crippen molar-refractivity contribution < 1.29 is 4.74 Å². The molecule has 4 heterocycles. The number of pyridine rings is 1. The van der Waals surface area contributed by atoms with Crippen LogP contribution < -0.4 is 14.5 Å². The fourth-order valence-electron chi connectivity index (χ4n) is 5.51. The number of hydrogen-bond donors (Lipinski definition) is 0. The van der Waals surface area contributed by atoms with E-state index in [-0.39, 0.29) is 0 Å². The number of aryl methyl sites for hydroxylation is 4. The number of benzene rings is 1. The third-order valence-electron chi connectivity index (χ3n) is 7.68. The predicted molar refractivity (Wildman–Crippen MR) is 151 cm³/mol. The number of ether oxygens (including phenoxy) is 1. The molecule has 0 saturated carbocycles. The molecular formula is C30H40N6O. The van der Waals surface area contributed by atoms with Crippen LogP contribution in [-0.2, 0) is 19.4 Å². The summed E-state index contributed by atoms with van der Waals surface area (Å²) in [6.45, 7) is 14.9. The van der Waals surface area contributed by atoms with E-state index in [1.807, 2.05) is 19.1 Å². The Morgan fingerprint density at radius 1 is 0.838 bits per heavy atom. The van der Waals surface area contributed by atoms with Gasteiger partial charge in [0, 0.05) is 42.1 Å². The van der Waals surface area contributed by atoms with E-state index in [9.17, 15) is 0 Å². The molecule has 0 amide bonds. The molecule has 1 aromatic carbocycles. The highest BCUT2D eigenvalue weighted by atomic mass is 16.5. The summed E-state index contributed by atoms with van der Waals surface area (Å²) in [6.07, 6.45) is 3.06. The molecule has 1 saturated heterocycles. The van der Waals surface area contributed by atoms with Crippen molar-refractivity contribution in [2.45, 2.75) is 53.5 Å². The first-order chi connectivity index (χ1) is 18.0. The van der Waals surface area contributed by atoms with Crippen LogP contribution in [-0.4, -0.2) is 66.2 Å². The molecule has 7 heteroatoms. The second-order valence-corrected chi connectivity index (χ2v) is 10.3. The van der Waals surface area contributed by atoms with Crippen molar-refractivity contribution in [1.29, 1.82) is 0 Å². The lowest BCUT2D eigenvalue weighted by atomic mass is 9.96. The van der Waals surface area contributed by atoms with E-state index in [1.165, 1.54) is 22.3 Å². The van der Waals surface area contributed by atoms with Gasteiger partial charge in [-0.1, -0.05) is 32.0 Å². The van der Waals surface area contributed by atoms with E-state index in [1.54, 1.807) is 0 Å². The van der Waals surface area contributed by atoms with Crippen molar-refractivity contribution in [2.75, 3.05) is 56.2 Å². The Morgan fingerprint density at radius 2 is 1.62 bits per heavy atom. The number of anilines is 2. The van der Waals surface area contributed by atoms with Crippen LogP contribution in [0.4, 0.5) is 11.6 Å². The number of nitrogens with zero attached hydrogens (tertiary/aromatic N) is 6. The Kier molecular flexibility index (Phi) is 7.60. The molecule has 0 atom stereocenters. The van der Waals surface area contributed by atoms with Gasteiger partial charge in [-0.15, -0.1) is 0 Å². The summed E-state index contributed by atoms with van der Waals surface area (Å²) in [5, 5.41) is 0. The van der Waals surface area contributed by atoms with Crippen molar-refractivity contribution in [2.24, 2.45) is 0 Å². The van der Waals surface area contributed by atoms with E-state index in [0.717, 1.165) is 93.1 Å². The van der Waals surface area contributed by atoms with Crippen LogP contribution >= 0.6 is 0 Å². The zero-order valence-corrected chi connectivity index (χ0v) is 23.0. The standard InChI is InChI=1S/C30H40N6O/c1-6-23-10-8-11-24(7-2)27(23)28-32-22(4)25(29(33-28)35-15-9-14-34(5)16-17-35)20-36-18-19-37-26-13-12-21(3)31-30(26)36/h8,10-13H,6-7,9,14-20H2,1-5H3. The minimum absolute atomic E-state index is 0.656. The Bertz CT molecular complexity index is 1240. The molecule has 37 heavy (non-hydrogen) atoms. The van der Waals surface area contributed by atoms with E-state index >= 15 is 0 Å². The van der Waals surface area contributed by atoms with Gasteiger partial charge in [0.05, 0.1) is 13.1 Å². The molecule has 3 aromatic rings. The van der Waals surface area contributed by atoms with E-state index in [4.69, 9.17) is 19.7 Å². The first kappa shape index (κ1) is 25.5. The highest BCUT2D eigenvalue weighted by Crippen LogP contribution is 2.35. The number of aromatic nitrogens is 3. The average Bonchev–Trinajstić information content (AvgIpc) is 3.13. The van der Waals surface area contributed by atoms with Gasteiger partial charge in [0.1, 0.15) is 12.4 Å². The topological polar surface area (TPSA) is 57.6 Å². The van der Waals surface area contributed by atoms with Crippen molar-refractivity contribution in [1.82, 2.24) is 19.9 Å². The molecule has 0 aliphatic carbocycles. The Balaban J connectivity index is 1.62. The molecule has 5 rings (SSSR count). The molecule has 0 N–H and O–H groups in total. The largest absolute Gasteiger partial charge is 0.488 e. The normalized spacial score (nSPS) is 16.4. The smallest absolute Gasteiger partial charge is 0.172 e. The first-order valence-corrected chi connectivity index (χ1v) is 13.8. The summed E-state index contributed by atoms with van der Waals surface area (Å²) < 4.78 is 5.93. The monoisotopic (exact) mass is 500 g/mol. The summed E-state index contributed by atoms with van der Waals surface area (Å²) in [7, 11) is 2.21. The number of rotatable bonds is 6. The van der Waals surface area contributed by atoms with E-state index in [0.29, 0.717) is 6.61 Å². The van der Waals surface area contributed by atoms with E-state index in [2.05, 4.69) is 60.7 Å². The van der Waals surface area contributed by atoms with E-state index < -0.39 is 0 Å².